The maximum absolute atomic E-state index is 11.9. The summed E-state index contributed by atoms with van der Waals surface area (Å²) in [5, 5.41) is 1.25. The maximum atomic E-state index is 11.9. The molecule has 1 aromatic heterocycles. The fourth-order valence-electron chi connectivity index (χ4n) is 3.49. The summed E-state index contributed by atoms with van der Waals surface area (Å²) in [6.07, 6.45) is 7.94. The highest BCUT2D eigenvalue weighted by molar-refractivity contribution is 7.14. The van der Waals surface area contributed by atoms with Gasteiger partial charge in [-0.3, -0.25) is 4.79 Å². The minimum absolute atomic E-state index is 0.334. The van der Waals surface area contributed by atoms with Gasteiger partial charge < -0.3 is 0 Å². The van der Waals surface area contributed by atoms with Gasteiger partial charge in [0, 0.05) is 12.3 Å². The van der Waals surface area contributed by atoms with Crippen LogP contribution in [0.25, 0.3) is 0 Å². The lowest BCUT2D eigenvalue weighted by atomic mass is 9.77. The van der Waals surface area contributed by atoms with E-state index in [2.05, 4.69) is 13.8 Å². The zero-order valence-electron chi connectivity index (χ0n) is 11.9. The van der Waals surface area contributed by atoms with Gasteiger partial charge in [0.2, 0.25) is 0 Å². The predicted molar refractivity (Wildman–Crippen MR) is 78.9 cm³/mol. The van der Waals surface area contributed by atoms with Crippen LogP contribution in [0.15, 0.2) is 0 Å². The first-order valence-electron chi connectivity index (χ1n) is 7.68. The lowest BCUT2D eigenvalue weighted by Crippen LogP contribution is -2.17. The zero-order valence-corrected chi connectivity index (χ0v) is 12.8. The number of carbonyl (C=O) groups is 1. The van der Waals surface area contributed by atoms with Crippen molar-refractivity contribution in [3.05, 3.63) is 15.6 Å². The first-order valence-corrected chi connectivity index (χ1v) is 8.49. The van der Waals surface area contributed by atoms with E-state index in [0.29, 0.717) is 11.7 Å². The number of carbonyl (C=O) groups excluding carboxylic acids is 1. The van der Waals surface area contributed by atoms with Crippen molar-refractivity contribution in [1.82, 2.24) is 4.98 Å². The van der Waals surface area contributed by atoms with E-state index < -0.39 is 0 Å². The van der Waals surface area contributed by atoms with Crippen molar-refractivity contribution in [3.63, 3.8) is 0 Å². The molecule has 3 rings (SSSR count). The highest BCUT2D eigenvalue weighted by Crippen LogP contribution is 2.41. The van der Waals surface area contributed by atoms with Gasteiger partial charge >= 0.3 is 0 Å². The van der Waals surface area contributed by atoms with Crippen LogP contribution < -0.4 is 0 Å². The number of rotatable bonds is 2. The number of ketones is 1. The molecule has 0 bridgehead atoms. The molecule has 19 heavy (non-hydrogen) atoms. The Labute approximate surface area is 119 Å². The topological polar surface area (TPSA) is 30.0 Å². The van der Waals surface area contributed by atoms with Gasteiger partial charge in [-0.2, -0.15) is 0 Å². The molecule has 2 aliphatic carbocycles. The summed E-state index contributed by atoms with van der Waals surface area (Å²) in [7, 11) is 0. The fourth-order valence-corrected chi connectivity index (χ4v) is 4.74. The number of fused-ring (bicyclic) bond motifs is 1. The molecule has 0 aromatic carbocycles. The molecule has 2 nitrogen and oxygen atoms in total. The molecule has 0 atom stereocenters. The van der Waals surface area contributed by atoms with E-state index in [1.54, 1.807) is 11.3 Å². The van der Waals surface area contributed by atoms with E-state index >= 15 is 0 Å². The summed E-state index contributed by atoms with van der Waals surface area (Å²) in [5.74, 6) is 2.67. The average molecular weight is 277 g/mol. The van der Waals surface area contributed by atoms with Gasteiger partial charge in [-0.1, -0.05) is 13.8 Å². The van der Waals surface area contributed by atoms with Crippen molar-refractivity contribution in [2.75, 3.05) is 0 Å². The van der Waals surface area contributed by atoms with Crippen LogP contribution in [0.1, 0.15) is 78.7 Å². The standard InChI is InChI=1S/C16H23NOS/c1-10(2)11-6-8-12(9-7-11)16-17-13-4-3-5-14(18)15(13)19-16/h10-12H,3-9H2,1-2H3. The van der Waals surface area contributed by atoms with E-state index in [0.717, 1.165) is 41.7 Å². The predicted octanol–water partition coefficient (Wildman–Crippen LogP) is 4.59. The monoisotopic (exact) mass is 277 g/mol. The minimum atomic E-state index is 0.334. The Morgan fingerprint density at radius 3 is 2.53 bits per heavy atom. The number of nitrogens with zero attached hydrogens (tertiary/aromatic N) is 1. The van der Waals surface area contributed by atoms with Crippen LogP contribution in [-0.4, -0.2) is 10.8 Å². The summed E-state index contributed by atoms with van der Waals surface area (Å²) in [6.45, 7) is 4.68. The molecule has 2 aliphatic rings. The number of hydrogen-bond acceptors (Lipinski definition) is 3. The van der Waals surface area contributed by atoms with Crippen LogP contribution in [0.3, 0.4) is 0 Å². The lowest BCUT2D eigenvalue weighted by molar-refractivity contribution is 0.0976. The Hall–Kier alpha value is -0.700. The van der Waals surface area contributed by atoms with Gasteiger partial charge in [0.05, 0.1) is 15.6 Å². The van der Waals surface area contributed by atoms with Crippen LogP contribution >= 0.6 is 11.3 Å². The third-order valence-electron chi connectivity index (χ3n) is 4.85. The summed E-state index contributed by atoms with van der Waals surface area (Å²) in [5.41, 5.74) is 1.10. The van der Waals surface area contributed by atoms with Gasteiger partial charge in [0.25, 0.3) is 0 Å². The number of Topliss-reactive ketones (excluding diaryl/α,β-unsaturated/α-hetero) is 1. The van der Waals surface area contributed by atoms with Gasteiger partial charge in [0.1, 0.15) is 0 Å². The van der Waals surface area contributed by atoms with Crippen molar-refractivity contribution < 1.29 is 4.79 Å². The highest BCUT2D eigenvalue weighted by Gasteiger charge is 2.29. The third-order valence-corrected chi connectivity index (χ3v) is 6.15. The van der Waals surface area contributed by atoms with Crippen LogP contribution in [0.5, 0.6) is 0 Å². The fraction of sp³-hybridized carbons (Fsp3) is 0.750. The largest absolute Gasteiger partial charge is 0.293 e. The molecule has 0 N–H and O–H groups in total. The molecule has 104 valence electrons. The second kappa shape index (κ2) is 5.35. The van der Waals surface area contributed by atoms with Gasteiger partial charge in [-0.15, -0.1) is 11.3 Å². The number of thiazole rings is 1. The number of aryl methyl sites for hydroxylation is 1. The van der Waals surface area contributed by atoms with Crippen molar-refractivity contribution in [3.8, 4) is 0 Å². The van der Waals surface area contributed by atoms with Crippen LogP contribution in [0, 0.1) is 11.8 Å². The number of aromatic nitrogens is 1. The van der Waals surface area contributed by atoms with E-state index in [-0.39, 0.29) is 0 Å². The van der Waals surface area contributed by atoms with Gasteiger partial charge in [-0.25, -0.2) is 4.98 Å². The maximum Gasteiger partial charge on any atom is 0.174 e. The summed E-state index contributed by atoms with van der Waals surface area (Å²) in [4.78, 5) is 17.7. The molecule has 0 saturated heterocycles. The molecule has 0 amide bonds. The second-order valence-electron chi connectivity index (χ2n) is 6.46. The smallest absolute Gasteiger partial charge is 0.174 e. The summed E-state index contributed by atoms with van der Waals surface area (Å²) < 4.78 is 0. The van der Waals surface area contributed by atoms with E-state index in [9.17, 15) is 4.79 Å². The van der Waals surface area contributed by atoms with Crippen LogP contribution in [-0.2, 0) is 6.42 Å². The normalized spacial score (nSPS) is 27.6. The van der Waals surface area contributed by atoms with Crippen molar-refractivity contribution in [1.29, 1.82) is 0 Å². The molecule has 1 saturated carbocycles. The molecular weight excluding hydrogens is 254 g/mol. The zero-order chi connectivity index (χ0) is 13.4. The molecular formula is C16H23NOS. The van der Waals surface area contributed by atoms with Gasteiger partial charge in [-0.05, 0) is 50.4 Å². The highest BCUT2D eigenvalue weighted by atomic mass is 32.1. The average Bonchev–Trinajstić information content (AvgIpc) is 2.84. The molecule has 0 unspecified atom stereocenters. The first kappa shape index (κ1) is 13.3. The van der Waals surface area contributed by atoms with Crippen molar-refractivity contribution >= 4 is 17.1 Å². The Kier molecular flexibility index (Phi) is 3.75. The summed E-state index contributed by atoms with van der Waals surface area (Å²) in [6, 6.07) is 0. The van der Waals surface area contributed by atoms with Crippen molar-refractivity contribution in [2.24, 2.45) is 11.8 Å². The van der Waals surface area contributed by atoms with Crippen LogP contribution in [0.2, 0.25) is 0 Å². The Morgan fingerprint density at radius 2 is 1.89 bits per heavy atom. The molecule has 3 heteroatoms. The molecule has 1 aromatic rings. The van der Waals surface area contributed by atoms with Crippen LogP contribution in [0.4, 0.5) is 0 Å². The molecule has 0 radical (unpaired) electrons. The molecule has 1 heterocycles. The first-order chi connectivity index (χ1) is 9.15. The minimum Gasteiger partial charge on any atom is -0.293 e. The number of hydrogen-bond donors (Lipinski definition) is 0. The Morgan fingerprint density at radius 1 is 1.16 bits per heavy atom. The summed E-state index contributed by atoms with van der Waals surface area (Å²) >= 11 is 1.70. The molecule has 0 spiro atoms. The molecule has 0 aliphatic heterocycles. The van der Waals surface area contributed by atoms with E-state index in [4.69, 9.17) is 4.98 Å². The van der Waals surface area contributed by atoms with E-state index in [1.807, 2.05) is 0 Å². The Bertz CT molecular complexity index is 469. The SMILES string of the molecule is CC(C)C1CCC(c2nc3c(s2)C(=O)CCC3)CC1. The third kappa shape index (κ3) is 2.62. The van der Waals surface area contributed by atoms with Crippen molar-refractivity contribution in [2.45, 2.75) is 64.7 Å². The van der Waals surface area contributed by atoms with E-state index in [1.165, 1.54) is 30.7 Å². The molecule has 1 fully saturated rings. The Balaban J connectivity index is 1.72. The van der Waals surface area contributed by atoms with Gasteiger partial charge in [0.15, 0.2) is 5.78 Å². The second-order valence-corrected chi connectivity index (χ2v) is 7.49. The lowest BCUT2D eigenvalue weighted by Gasteiger charge is -2.29. The quantitative estimate of drug-likeness (QED) is 0.791.